The van der Waals surface area contributed by atoms with Gasteiger partial charge in [-0.1, -0.05) is 30.3 Å². The van der Waals surface area contributed by atoms with Gasteiger partial charge in [0.25, 0.3) is 0 Å². The maximum atomic E-state index is 5.32. The largest absolute Gasteiger partial charge is 0.382 e. The second kappa shape index (κ2) is 8.60. The van der Waals surface area contributed by atoms with Gasteiger partial charge in [-0.2, -0.15) is 5.10 Å². The van der Waals surface area contributed by atoms with E-state index in [1.165, 1.54) is 11.1 Å². The molecule has 0 amide bonds. The topological polar surface area (TPSA) is 39.1 Å². The number of nitrogens with one attached hydrogen (secondary N) is 1. The predicted octanol–water partition coefficient (Wildman–Crippen LogP) is 3.13. The normalized spacial score (nSPS) is 12.5. The number of benzene rings is 1. The molecule has 0 spiro atoms. The number of rotatable bonds is 9. The molecule has 2 rings (SSSR count). The third-order valence-electron chi connectivity index (χ3n) is 3.45. The summed E-state index contributed by atoms with van der Waals surface area (Å²) in [6.45, 7) is 7.73. The molecule has 1 N–H and O–H groups in total. The molecule has 1 unspecified atom stereocenters. The van der Waals surface area contributed by atoms with Crippen molar-refractivity contribution in [3.05, 3.63) is 42.7 Å². The molecule has 21 heavy (non-hydrogen) atoms. The van der Waals surface area contributed by atoms with Crippen LogP contribution < -0.4 is 5.32 Å². The van der Waals surface area contributed by atoms with Crippen LogP contribution in [0, 0.1) is 0 Å². The van der Waals surface area contributed by atoms with E-state index in [4.69, 9.17) is 4.74 Å². The summed E-state index contributed by atoms with van der Waals surface area (Å²) in [5.41, 5.74) is 2.37. The average Bonchev–Trinajstić information content (AvgIpc) is 3.01. The van der Waals surface area contributed by atoms with E-state index in [0.29, 0.717) is 6.04 Å². The lowest BCUT2D eigenvalue weighted by molar-refractivity contribution is 0.144. The zero-order valence-corrected chi connectivity index (χ0v) is 13.0. The maximum Gasteiger partial charge on any atom is 0.0615 e. The standard InChI is InChI=1S/C17H25N3O/c1-3-21-11-7-10-18-12-15(2)20-14-17(13-19-20)16-8-5-4-6-9-16/h4-6,8-9,13-15,18H,3,7,10-12H2,1-2H3. The van der Waals surface area contributed by atoms with Crippen molar-refractivity contribution in [2.75, 3.05) is 26.3 Å². The van der Waals surface area contributed by atoms with Gasteiger partial charge in [-0.05, 0) is 32.4 Å². The molecule has 2 aromatic rings. The van der Waals surface area contributed by atoms with Gasteiger partial charge < -0.3 is 10.1 Å². The minimum atomic E-state index is 0.342. The molecule has 0 saturated carbocycles. The fourth-order valence-corrected chi connectivity index (χ4v) is 2.21. The number of nitrogens with zero attached hydrogens (tertiary/aromatic N) is 2. The molecular formula is C17H25N3O. The van der Waals surface area contributed by atoms with Crippen molar-refractivity contribution < 1.29 is 4.74 Å². The Kier molecular flexibility index (Phi) is 6.44. The van der Waals surface area contributed by atoms with E-state index in [9.17, 15) is 0 Å². The van der Waals surface area contributed by atoms with Crippen molar-refractivity contribution in [2.45, 2.75) is 26.3 Å². The Morgan fingerprint density at radius 1 is 1.24 bits per heavy atom. The van der Waals surface area contributed by atoms with Crippen LogP contribution in [-0.2, 0) is 4.74 Å². The Hall–Kier alpha value is -1.65. The number of hydrogen-bond acceptors (Lipinski definition) is 3. The average molecular weight is 287 g/mol. The highest BCUT2D eigenvalue weighted by molar-refractivity contribution is 5.61. The summed E-state index contributed by atoms with van der Waals surface area (Å²) in [5.74, 6) is 0. The Morgan fingerprint density at radius 2 is 2.05 bits per heavy atom. The van der Waals surface area contributed by atoms with Gasteiger partial charge >= 0.3 is 0 Å². The molecule has 0 aliphatic rings. The van der Waals surface area contributed by atoms with Gasteiger partial charge in [0.2, 0.25) is 0 Å². The molecule has 114 valence electrons. The van der Waals surface area contributed by atoms with Crippen molar-refractivity contribution >= 4 is 0 Å². The SMILES string of the molecule is CCOCCCNCC(C)n1cc(-c2ccccc2)cn1. The Morgan fingerprint density at radius 3 is 2.81 bits per heavy atom. The summed E-state index contributed by atoms with van der Waals surface area (Å²) in [4.78, 5) is 0. The smallest absolute Gasteiger partial charge is 0.0615 e. The molecule has 4 heteroatoms. The highest BCUT2D eigenvalue weighted by Crippen LogP contribution is 2.19. The van der Waals surface area contributed by atoms with Crippen LogP contribution in [0.4, 0.5) is 0 Å². The van der Waals surface area contributed by atoms with E-state index in [2.05, 4.69) is 47.8 Å². The summed E-state index contributed by atoms with van der Waals surface area (Å²) in [7, 11) is 0. The van der Waals surface area contributed by atoms with Crippen molar-refractivity contribution in [3.63, 3.8) is 0 Å². The van der Waals surface area contributed by atoms with Crippen LogP contribution in [0.3, 0.4) is 0 Å². The van der Waals surface area contributed by atoms with Gasteiger partial charge in [0.05, 0.1) is 12.2 Å². The zero-order chi connectivity index (χ0) is 14.9. The third kappa shape index (κ3) is 4.99. The van der Waals surface area contributed by atoms with Crippen LogP contribution in [0.25, 0.3) is 11.1 Å². The molecule has 0 bridgehead atoms. The van der Waals surface area contributed by atoms with Crippen LogP contribution in [0.5, 0.6) is 0 Å². The molecule has 0 fully saturated rings. The van der Waals surface area contributed by atoms with Crippen LogP contribution >= 0.6 is 0 Å². The van der Waals surface area contributed by atoms with E-state index < -0.39 is 0 Å². The molecule has 0 radical (unpaired) electrons. The second-order valence-corrected chi connectivity index (χ2v) is 5.18. The monoisotopic (exact) mass is 287 g/mol. The van der Waals surface area contributed by atoms with Crippen molar-refractivity contribution in [3.8, 4) is 11.1 Å². The molecule has 0 aliphatic heterocycles. The summed E-state index contributed by atoms with van der Waals surface area (Å²) >= 11 is 0. The first-order valence-electron chi connectivity index (χ1n) is 7.69. The van der Waals surface area contributed by atoms with E-state index >= 15 is 0 Å². The summed E-state index contributed by atoms with van der Waals surface area (Å²) in [6.07, 6.45) is 5.09. The van der Waals surface area contributed by atoms with E-state index in [-0.39, 0.29) is 0 Å². The highest BCUT2D eigenvalue weighted by Gasteiger charge is 2.07. The zero-order valence-electron chi connectivity index (χ0n) is 13.0. The molecule has 1 aromatic carbocycles. The first-order chi connectivity index (χ1) is 10.3. The minimum Gasteiger partial charge on any atom is -0.382 e. The third-order valence-corrected chi connectivity index (χ3v) is 3.45. The fourth-order valence-electron chi connectivity index (χ4n) is 2.21. The van der Waals surface area contributed by atoms with Crippen molar-refractivity contribution in [1.29, 1.82) is 0 Å². The fraction of sp³-hybridized carbons (Fsp3) is 0.471. The lowest BCUT2D eigenvalue weighted by Crippen LogP contribution is -2.25. The minimum absolute atomic E-state index is 0.342. The Labute approximate surface area is 127 Å². The molecule has 1 aromatic heterocycles. The molecular weight excluding hydrogens is 262 g/mol. The number of aromatic nitrogens is 2. The molecule has 1 atom stereocenters. The molecule has 0 aliphatic carbocycles. The van der Waals surface area contributed by atoms with Crippen molar-refractivity contribution in [1.82, 2.24) is 15.1 Å². The molecule has 0 saturated heterocycles. The lowest BCUT2D eigenvalue weighted by Gasteiger charge is -2.13. The van der Waals surface area contributed by atoms with Crippen LogP contribution in [0.2, 0.25) is 0 Å². The quantitative estimate of drug-likeness (QED) is 0.720. The Bertz CT molecular complexity index is 510. The summed E-state index contributed by atoms with van der Waals surface area (Å²) < 4.78 is 7.35. The van der Waals surface area contributed by atoms with Gasteiger partial charge in [-0.25, -0.2) is 0 Å². The van der Waals surface area contributed by atoms with Gasteiger partial charge in [0, 0.05) is 31.5 Å². The summed E-state index contributed by atoms with van der Waals surface area (Å²) in [5, 5.41) is 7.92. The predicted molar refractivity (Wildman–Crippen MR) is 86.4 cm³/mol. The van der Waals surface area contributed by atoms with E-state index in [1.54, 1.807) is 0 Å². The highest BCUT2D eigenvalue weighted by atomic mass is 16.5. The van der Waals surface area contributed by atoms with Gasteiger partial charge in [-0.15, -0.1) is 0 Å². The number of hydrogen-bond donors (Lipinski definition) is 1. The molecule has 1 heterocycles. The van der Waals surface area contributed by atoms with E-state index in [0.717, 1.165) is 32.7 Å². The first-order valence-corrected chi connectivity index (χ1v) is 7.69. The Balaban J connectivity index is 1.78. The van der Waals surface area contributed by atoms with Crippen LogP contribution in [-0.4, -0.2) is 36.1 Å². The van der Waals surface area contributed by atoms with Gasteiger partial charge in [0.15, 0.2) is 0 Å². The van der Waals surface area contributed by atoms with Gasteiger partial charge in [0.1, 0.15) is 0 Å². The first kappa shape index (κ1) is 15.7. The lowest BCUT2D eigenvalue weighted by atomic mass is 10.1. The summed E-state index contributed by atoms with van der Waals surface area (Å²) in [6, 6.07) is 10.7. The number of ether oxygens (including phenoxy) is 1. The van der Waals surface area contributed by atoms with E-state index in [1.807, 2.05) is 23.9 Å². The van der Waals surface area contributed by atoms with Gasteiger partial charge in [-0.3, -0.25) is 4.68 Å². The molecule has 4 nitrogen and oxygen atoms in total. The van der Waals surface area contributed by atoms with Crippen molar-refractivity contribution in [2.24, 2.45) is 0 Å². The maximum absolute atomic E-state index is 5.32. The van der Waals surface area contributed by atoms with Crippen LogP contribution in [0.1, 0.15) is 26.3 Å². The van der Waals surface area contributed by atoms with Crippen LogP contribution in [0.15, 0.2) is 42.7 Å². The second-order valence-electron chi connectivity index (χ2n) is 5.18.